The lowest BCUT2D eigenvalue weighted by atomic mass is 10.1. The number of carbonyl (C=O) groups excluding carboxylic acids is 1. The Kier molecular flexibility index (Phi) is 4.76. The molecule has 1 saturated heterocycles. The van der Waals surface area contributed by atoms with Crippen LogP contribution in [0.1, 0.15) is 5.56 Å². The van der Waals surface area contributed by atoms with Gasteiger partial charge in [0.15, 0.2) is 0 Å². The van der Waals surface area contributed by atoms with Gasteiger partial charge in [0, 0.05) is 35.9 Å². The van der Waals surface area contributed by atoms with Gasteiger partial charge in [-0.1, -0.05) is 41.4 Å². The minimum Gasteiger partial charge on any atom is -0.506 e. The number of hydrogen-bond acceptors (Lipinski definition) is 3. The summed E-state index contributed by atoms with van der Waals surface area (Å²) in [5.41, 5.74) is 1.56. The number of amides is 1. The van der Waals surface area contributed by atoms with Gasteiger partial charge in [0.1, 0.15) is 5.75 Å². The van der Waals surface area contributed by atoms with Crippen LogP contribution in [0.4, 0.5) is 5.69 Å². The van der Waals surface area contributed by atoms with Gasteiger partial charge in [-0.25, -0.2) is 0 Å². The lowest BCUT2D eigenvalue weighted by Crippen LogP contribution is -2.50. The van der Waals surface area contributed by atoms with E-state index in [1.165, 1.54) is 6.07 Å². The second-order valence-corrected chi connectivity index (χ2v) is 6.24. The second kappa shape index (κ2) is 6.79. The first-order valence-corrected chi connectivity index (χ1v) is 8.05. The van der Waals surface area contributed by atoms with E-state index in [1.54, 1.807) is 11.0 Å². The van der Waals surface area contributed by atoms with E-state index in [2.05, 4.69) is 0 Å². The van der Waals surface area contributed by atoms with Crippen molar-refractivity contribution in [3.8, 4) is 5.75 Å². The van der Waals surface area contributed by atoms with E-state index in [4.69, 9.17) is 23.2 Å². The molecule has 0 radical (unpaired) electrons. The van der Waals surface area contributed by atoms with Crippen LogP contribution in [0.25, 0.3) is 0 Å². The molecule has 0 saturated carbocycles. The van der Waals surface area contributed by atoms with Crippen molar-refractivity contribution in [3.63, 3.8) is 0 Å². The van der Waals surface area contributed by atoms with Gasteiger partial charge in [-0.15, -0.1) is 0 Å². The number of rotatable bonds is 3. The number of anilines is 1. The van der Waals surface area contributed by atoms with Gasteiger partial charge in [-0.3, -0.25) is 9.69 Å². The number of carbonyl (C=O) groups is 1. The van der Waals surface area contributed by atoms with E-state index in [0.29, 0.717) is 30.2 Å². The van der Waals surface area contributed by atoms with E-state index in [-0.39, 0.29) is 23.2 Å². The molecule has 1 amide bonds. The number of phenols is 1. The summed E-state index contributed by atoms with van der Waals surface area (Å²) < 4.78 is 0. The van der Waals surface area contributed by atoms with E-state index < -0.39 is 0 Å². The number of benzene rings is 2. The predicted molar refractivity (Wildman–Crippen MR) is 92.2 cm³/mol. The lowest BCUT2D eigenvalue weighted by molar-refractivity contribution is -0.121. The predicted octanol–water partition coefficient (Wildman–Crippen LogP) is 3.55. The highest BCUT2D eigenvalue weighted by Gasteiger charge is 2.26. The molecular weight excluding hydrogens is 335 g/mol. The fourth-order valence-electron chi connectivity index (χ4n) is 2.69. The van der Waals surface area contributed by atoms with Crippen LogP contribution >= 0.6 is 23.2 Å². The number of piperazine rings is 1. The number of para-hydroxylation sites is 1. The van der Waals surface area contributed by atoms with E-state index in [1.807, 2.05) is 35.2 Å². The summed E-state index contributed by atoms with van der Waals surface area (Å²) in [5.74, 6) is 0.0372. The van der Waals surface area contributed by atoms with Gasteiger partial charge in [-0.05, 0) is 24.3 Å². The third-order valence-electron chi connectivity index (χ3n) is 3.91. The van der Waals surface area contributed by atoms with E-state index in [0.717, 1.165) is 5.69 Å². The van der Waals surface area contributed by atoms with Crippen molar-refractivity contribution in [2.24, 2.45) is 0 Å². The number of hydrogen-bond donors (Lipinski definition) is 1. The molecule has 1 N–H and O–H groups in total. The third kappa shape index (κ3) is 3.44. The van der Waals surface area contributed by atoms with Crippen LogP contribution in [-0.2, 0) is 11.3 Å². The van der Waals surface area contributed by atoms with Crippen LogP contribution in [0.2, 0.25) is 10.0 Å². The van der Waals surface area contributed by atoms with Crippen LogP contribution in [0.15, 0.2) is 42.5 Å². The molecule has 0 spiro atoms. The molecule has 3 rings (SSSR count). The molecule has 2 aromatic carbocycles. The molecule has 1 aliphatic rings. The van der Waals surface area contributed by atoms with Crippen molar-refractivity contribution >= 4 is 34.8 Å². The van der Waals surface area contributed by atoms with Crippen molar-refractivity contribution in [1.29, 1.82) is 0 Å². The maximum absolute atomic E-state index is 12.4. The molecule has 1 fully saturated rings. The van der Waals surface area contributed by atoms with Gasteiger partial charge < -0.3 is 10.0 Å². The van der Waals surface area contributed by atoms with Crippen LogP contribution < -0.4 is 4.90 Å². The van der Waals surface area contributed by atoms with Gasteiger partial charge in [0.25, 0.3) is 0 Å². The van der Waals surface area contributed by atoms with Crippen molar-refractivity contribution in [2.75, 3.05) is 24.5 Å². The van der Waals surface area contributed by atoms with Crippen LogP contribution in [0.3, 0.4) is 0 Å². The summed E-state index contributed by atoms with van der Waals surface area (Å²) in [4.78, 5) is 16.2. The van der Waals surface area contributed by atoms with Crippen LogP contribution in [-0.4, -0.2) is 35.5 Å². The Hall–Kier alpha value is -1.75. The molecule has 23 heavy (non-hydrogen) atoms. The highest BCUT2D eigenvalue weighted by atomic mass is 35.5. The Bertz CT molecular complexity index is 722. The second-order valence-electron chi connectivity index (χ2n) is 5.45. The molecule has 1 heterocycles. The molecule has 0 unspecified atom stereocenters. The maximum atomic E-state index is 12.4. The Morgan fingerprint density at radius 3 is 2.48 bits per heavy atom. The molecule has 0 atom stereocenters. The molecular formula is C17H16Cl2N2O2. The summed E-state index contributed by atoms with van der Waals surface area (Å²) in [7, 11) is 0. The topological polar surface area (TPSA) is 43.8 Å². The number of aromatic hydroxyl groups is 1. The van der Waals surface area contributed by atoms with Crippen LogP contribution in [0, 0.1) is 0 Å². The normalized spacial score (nSPS) is 15.9. The summed E-state index contributed by atoms with van der Waals surface area (Å²) in [5, 5.41) is 10.4. The van der Waals surface area contributed by atoms with Crippen molar-refractivity contribution in [2.45, 2.75) is 6.54 Å². The number of halogens is 2. The fourth-order valence-corrected chi connectivity index (χ4v) is 3.18. The minimum atomic E-state index is 0.000291. The van der Waals surface area contributed by atoms with Gasteiger partial charge in [0.05, 0.1) is 11.6 Å². The fraction of sp³-hybridized carbons (Fsp3) is 0.235. The van der Waals surface area contributed by atoms with E-state index >= 15 is 0 Å². The molecule has 0 aromatic heterocycles. The van der Waals surface area contributed by atoms with Gasteiger partial charge >= 0.3 is 0 Å². The zero-order chi connectivity index (χ0) is 16.4. The quantitative estimate of drug-likeness (QED) is 0.920. The van der Waals surface area contributed by atoms with Gasteiger partial charge in [0.2, 0.25) is 5.91 Å². The number of nitrogens with zero attached hydrogens (tertiary/aromatic N) is 2. The Balaban J connectivity index is 1.72. The maximum Gasteiger partial charge on any atom is 0.241 e. The smallest absolute Gasteiger partial charge is 0.241 e. The molecule has 4 nitrogen and oxygen atoms in total. The zero-order valence-electron chi connectivity index (χ0n) is 12.4. The highest BCUT2D eigenvalue weighted by Crippen LogP contribution is 2.33. The lowest BCUT2D eigenvalue weighted by Gasteiger charge is -2.34. The Morgan fingerprint density at radius 1 is 1.04 bits per heavy atom. The SMILES string of the molecule is O=C1CN(Cc2c(Cl)ccc(O)c2Cl)CCN1c1ccccc1. The molecule has 1 aliphatic heterocycles. The molecule has 120 valence electrons. The van der Waals surface area contributed by atoms with Crippen molar-refractivity contribution in [3.05, 3.63) is 58.1 Å². The van der Waals surface area contributed by atoms with E-state index in [9.17, 15) is 9.90 Å². The monoisotopic (exact) mass is 350 g/mol. The highest BCUT2D eigenvalue weighted by molar-refractivity contribution is 6.36. The molecule has 0 bridgehead atoms. The summed E-state index contributed by atoms with van der Waals surface area (Å²) in [6.45, 7) is 2.04. The molecule has 6 heteroatoms. The first-order valence-electron chi connectivity index (χ1n) is 7.30. The minimum absolute atomic E-state index is 0.000291. The average Bonchev–Trinajstić information content (AvgIpc) is 2.56. The largest absolute Gasteiger partial charge is 0.506 e. The summed E-state index contributed by atoms with van der Waals surface area (Å²) in [6, 6.07) is 12.7. The summed E-state index contributed by atoms with van der Waals surface area (Å²) in [6.07, 6.45) is 0. The third-order valence-corrected chi connectivity index (χ3v) is 4.69. The first kappa shape index (κ1) is 16.1. The molecule has 0 aliphatic carbocycles. The van der Waals surface area contributed by atoms with Crippen molar-refractivity contribution < 1.29 is 9.90 Å². The number of phenolic OH excluding ortho intramolecular Hbond substituents is 1. The summed E-state index contributed by atoms with van der Waals surface area (Å²) >= 11 is 12.3. The average molecular weight is 351 g/mol. The Morgan fingerprint density at radius 2 is 1.78 bits per heavy atom. The van der Waals surface area contributed by atoms with Crippen LogP contribution in [0.5, 0.6) is 5.75 Å². The standard InChI is InChI=1S/C17H16Cl2N2O2/c18-14-6-7-15(22)17(19)13(14)10-20-8-9-21(16(23)11-20)12-4-2-1-3-5-12/h1-7,22H,8-11H2. The first-order chi connectivity index (χ1) is 11.1. The molecule has 2 aromatic rings. The Labute approximate surface area is 144 Å². The zero-order valence-corrected chi connectivity index (χ0v) is 13.9. The van der Waals surface area contributed by atoms with Crippen molar-refractivity contribution in [1.82, 2.24) is 4.90 Å². The van der Waals surface area contributed by atoms with Gasteiger partial charge in [-0.2, -0.15) is 0 Å².